The lowest BCUT2D eigenvalue weighted by Gasteiger charge is -2.18. The molecule has 2 aromatic carbocycles. The molecule has 0 fully saturated rings. The van der Waals surface area contributed by atoms with E-state index in [1.807, 2.05) is 18.4 Å². The number of thioether (sulfide) groups is 1. The topological polar surface area (TPSA) is 76.3 Å². The van der Waals surface area contributed by atoms with Gasteiger partial charge in [0.15, 0.2) is 15.8 Å². The SMILES string of the molecule is CSc1nc2ccc(CN(C=O)c3c(F)cc(Br)cc3[N+](=O)[O-])cc2s1. The van der Waals surface area contributed by atoms with Gasteiger partial charge < -0.3 is 4.90 Å². The lowest BCUT2D eigenvalue weighted by molar-refractivity contribution is -0.384. The van der Waals surface area contributed by atoms with Gasteiger partial charge in [0.25, 0.3) is 5.69 Å². The van der Waals surface area contributed by atoms with Crippen LogP contribution >= 0.6 is 39.0 Å². The maximum atomic E-state index is 14.4. The number of aromatic nitrogens is 1. The van der Waals surface area contributed by atoms with E-state index in [1.165, 1.54) is 29.2 Å². The van der Waals surface area contributed by atoms with Gasteiger partial charge in [0.1, 0.15) is 0 Å². The number of amides is 1. The van der Waals surface area contributed by atoms with E-state index >= 15 is 0 Å². The van der Waals surface area contributed by atoms with E-state index in [-0.39, 0.29) is 16.7 Å². The summed E-state index contributed by atoms with van der Waals surface area (Å²) in [5.74, 6) is -0.846. The molecule has 0 aliphatic heterocycles. The molecule has 0 atom stereocenters. The van der Waals surface area contributed by atoms with Crippen LogP contribution in [-0.4, -0.2) is 22.6 Å². The lowest BCUT2D eigenvalue weighted by atomic mass is 10.1. The molecule has 0 saturated heterocycles. The van der Waals surface area contributed by atoms with Gasteiger partial charge in [-0.1, -0.05) is 33.8 Å². The third-order valence-electron chi connectivity index (χ3n) is 3.58. The molecular weight excluding hydrogens is 445 g/mol. The predicted octanol–water partition coefficient (Wildman–Crippen LogP) is 4.99. The smallest absolute Gasteiger partial charge is 0.297 e. The molecule has 1 aromatic heterocycles. The zero-order chi connectivity index (χ0) is 18.8. The van der Waals surface area contributed by atoms with Crippen LogP contribution in [0, 0.1) is 15.9 Å². The molecule has 6 nitrogen and oxygen atoms in total. The molecule has 26 heavy (non-hydrogen) atoms. The summed E-state index contributed by atoms with van der Waals surface area (Å²) in [7, 11) is 0. The number of nitro groups is 1. The average Bonchev–Trinajstić information content (AvgIpc) is 3.02. The number of fused-ring (bicyclic) bond motifs is 1. The number of carbonyl (C=O) groups is 1. The zero-order valence-corrected chi connectivity index (χ0v) is 16.5. The highest BCUT2D eigenvalue weighted by molar-refractivity contribution is 9.10. The summed E-state index contributed by atoms with van der Waals surface area (Å²) >= 11 is 6.08. The molecule has 0 unspecified atom stereocenters. The van der Waals surface area contributed by atoms with Gasteiger partial charge in [0.05, 0.1) is 21.7 Å². The molecule has 3 aromatic rings. The Balaban J connectivity index is 2.00. The molecule has 0 aliphatic carbocycles. The first kappa shape index (κ1) is 18.7. The first-order chi connectivity index (χ1) is 12.4. The molecular formula is C16H11BrFN3O3S2. The van der Waals surface area contributed by atoms with Crippen molar-refractivity contribution in [1.29, 1.82) is 0 Å². The Morgan fingerprint density at radius 3 is 2.85 bits per heavy atom. The summed E-state index contributed by atoms with van der Waals surface area (Å²) in [4.78, 5) is 27.5. The van der Waals surface area contributed by atoms with Crippen LogP contribution in [0.1, 0.15) is 5.56 Å². The minimum atomic E-state index is -0.846. The van der Waals surface area contributed by atoms with Crippen LogP contribution in [0.15, 0.2) is 39.1 Å². The van der Waals surface area contributed by atoms with Gasteiger partial charge in [-0.15, -0.1) is 11.3 Å². The molecule has 0 aliphatic rings. The summed E-state index contributed by atoms with van der Waals surface area (Å²) in [5, 5.41) is 11.3. The van der Waals surface area contributed by atoms with E-state index in [4.69, 9.17) is 0 Å². The number of nitrogens with zero attached hydrogens (tertiary/aromatic N) is 3. The fourth-order valence-electron chi connectivity index (χ4n) is 2.48. The molecule has 0 radical (unpaired) electrons. The van der Waals surface area contributed by atoms with Crippen LogP contribution in [0.4, 0.5) is 15.8 Å². The van der Waals surface area contributed by atoms with E-state index in [1.54, 1.807) is 6.07 Å². The molecule has 3 rings (SSSR count). The van der Waals surface area contributed by atoms with E-state index in [2.05, 4.69) is 20.9 Å². The molecule has 0 N–H and O–H groups in total. The Kier molecular flexibility index (Phi) is 5.54. The maximum Gasteiger partial charge on any atom is 0.297 e. The van der Waals surface area contributed by atoms with Gasteiger partial charge >= 0.3 is 0 Å². The fraction of sp³-hybridized carbons (Fsp3) is 0.125. The van der Waals surface area contributed by atoms with Crippen molar-refractivity contribution in [3.8, 4) is 0 Å². The molecule has 0 bridgehead atoms. The molecule has 10 heteroatoms. The van der Waals surface area contributed by atoms with E-state index in [9.17, 15) is 19.3 Å². The Morgan fingerprint density at radius 2 is 2.19 bits per heavy atom. The van der Waals surface area contributed by atoms with Crippen molar-refractivity contribution >= 4 is 67.0 Å². The number of halogens is 2. The molecule has 1 amide bonds. The minimum absolute atomic E-state index is 0.00529. The van der Waals surface area contributed by atoms with Gasteiger partial charge in [-0.25, -0.2) is 9.37 Å². The Morgan fingerprint density at radius 1 is 1.42 bits per heavy atom. The monoisotopic (exact) mass is 455 g/mol. The lowest BCUT2D eigenvalue weighted by Crippen LogP contribution is -2.22. The van der Waals surface area contributed by atoms with Crippen LogP contribution in [0.2, 0.25) is 0 Å². The van der Waals surface area contributed by atoms with Crippen LogP contribution in [0.5, 0.6) is 0 Å². The zero-order valence-electron chi connectivity index (χ0n) is 13.3. The summed E-state index contributed by atoms with van der Waals surface area (Å²) < 4.78 is 16.4. The molecule has 134 valence electrons. The van der Waals surface area contributed by atoms with Gasteiger partial charge in [0.2, 0.25) is 6.41 Å². The van der Waals surface area contributed by atoms with Gasteiger partial charge in [0, 0.05) is 10.5 Å². The van der Waals surface area contributed by atoms with E-state index < -0.39 is 16.4 Å². The maximum absolute atomic E-state index is 14.4. The third kappa shape index (κ3) is 3.71. The highest BCUT2D eigenvalue weighted by Crippen LogP contribution is 2.35. The van der Waals surface area contributed by atoms with E-state index in [0.717, 1.165) is 31.1 Å². The van der Waals surface area contributed by atoms with Gasteiger partial charge in [-0.05, 0) is 30.0 Å². The van der Waals surface area contributed by atoms with Crippen LogP contribution < -0.4 is 4.90 Å². The second-order valence-corrected chi connectivity index (χ2v) is 8.23. The number of rotatable bonds is 6. The first-order valence-corrected chi connectivity index (χ1v) is 10.0. The van der Waals surface area contributed by atoms with Crippen molar-refractivity contribution < 1.29 is 14.1 Å². The molecule has 0 saturated carbocycles. The van der Waals surface area contributed by atoms with Crippen molar-refractivity contribution in [2.75, 3.05) is 11.2 Å². The Hall–Kier alpha value is -2.04. The van der Waals surface area contributed by atoms with Crippen molar-refractivity contribution in [3.63, 3.8) is 0 Å². The second-order valence-electron chi connectivity index (χ2n) is 5.23. The minimum Gasteiger partial charge on any atom is -0.302 e. The van der Waals surface area contributed by atoms with Crippen molar-refractivity contribution in [3.05, 3.63) is 56.3 Å². The normalized spacial score (nSPS) is 10.9. The number of carbonyl (C=O) groups excluding carboxylic acids is 1. The largest absolute Gasteiger partial charge is 0.302 e. The standard InChI is InChI=1S/C16H11BrFN3O3S2/c1-25-16-19-12-3-2-9(4-14(12)26-16)7-20(8-22)15-11(18)5-10(17)6-13(15)21(23)24/h2-6,8H,7H2,1H3. The highest BCUT2D eigenvalue weighted by atomic mass is 79.9. The van der Waals surface area contributed by atoms with Crippen LogP contribution in [0.3, 0.4) is 0 Å². The summed E-state index contributed by atoms with van der Waals surface area (Å²) in [6.07, 6.45) is 2.33. The van der Waals surface area contributed by atoms with Crippen LogP contribution in [-0.2, 0) is 11.3 Å². The third-order valence-corrected chi connectivity index (χ3v) is 6.04. The molecule has 0 spiro atoms. The Bertz CT molecular complexity index is 1010. The number of anilines is 1. The quantitative estimate of drug-likeness (QED) is 0.226. The predicted molar refractivity (Wildman–Crippen MR) is 104 cm³/mol. The van der Waals surface area contributed by atoms with Crippen molar-refractivity contribution in [2.45, 2.75) is 10.9 Å². The second kappa shape index (κ2) is 7.68. The Labute approximate surface area is 164 Å². The fourth-order valence-corrected chi connectivity index (χ4v) is 4.45. The number of nitro benzene ring substituents is 1. The summed E-state index contributed by atoms with van der Waals surface area (Å²) in [5.41, 5.74) is 0.717. The summed E-state index contributed by atoms with van der Waals surface area (Å²) in [6.45, 7) is 0.00529. The summed E-state index contributed by atoms with van der Waals surface area (Å²) in [6, 6.07) is 7.70. The van der Waals surface area contributed by atoms with E-state index in [0.29, 0.717) is 6.41 Å². The van der Waals surface area contributed by atoms with Gasteiger partial charge in [-0.2, -0.15) is 0 Å². The average molecular weight is 456 g/mol. The number of benzene rings is 2. The van der Waals surface area contributed by atoms with Gasteiger partial charge in [-0.3, -0.25) is 14.9 Å². The number of hydrogen-bond acceptors (Lipinski definition) is 6. The number of thiazole rings is 1. The van der Waals surface area contributed by atoms with Crippen molar-refractivity contribution in [2.24, 2.45) is 0 Å². The highest BCUT2D eigenvalue weighted by Gasteiger charge is 2.25. The molecule has 1 heterocycles. The van der Waals surface area contributed by atoms with Crippen molar-refractivity contribution in [1.82, 2.24) is 4.98 Å². The number of hydrogen-bond donors (Lipinski definition) is 0. The van der Waals surface area contributed by atoms with Crippen LogP contribution in [0.25, 0.3) is 10.2 Å². The first-order valence-electron chi connectivity index (χ1n) is 7.21.